The van der Waals surface area contributed by atoms with Crippen molar-refractivity contribution in [1.82, 2.24) is 24.1 Å². The number of fused-ring (bicyclic) bond motifs is 1. The van der Waals surface area contributed by atoms with Crippen LogP contribution in [0.4, 0.5) is 0 Å². The molecule has 1 fully saturated rings. The maximum absolute atomic E-state index is 12.8. The summed E-state index contributed by atoms with van der Waals surface area (Å²) in [6.45, 7) is 5.02. The van der Waals surface area contributed by atoms with Crippen molar-refractivity contribution in [2.75, 3.05) is 13.1 Å². The molecule has 9 heteroatoms. The molecule has 4 heterocycles. The van der Waals surface area contributed by atoms with Crippen LogP contribution in [0.5, 0.6) is 0 Å². The summed E-state index contributed by atoms with van der Waals surface area (Å²) in [5.74, 6) is -0.00505. The van der Waals surface area contributed by atoms with Crippen molar-refractivity contribution in [1.29, 1.82) is 0 Å². The minimum absolute atomic E-state index is 0.00505. The van der Waals surface area contributed by atoms with Crippen molar-refractivity contribution < 1.29 is 13.2 Å². The van der Waals surface area contributed by atoms with Crippen LogP contribution in [0.25, 0.3) is 22.2 Å². The third kappa shape index (κ3) is 3.98. The van der Waals surface area contributed by atoms with Crippen LogP contribution in [0.2, 0.25) is 0 Å². The molecule has 1 aromatic carbocycles. The number of aryl methyl sites for hydroxylation is 1. The lowest BCUT2D eigenvalue weighted by Gasteiger charge is -2.15. The second-order valence-electron chi connectivity index (χ2n) is 8.43. The highest BCUT2D eigenvalue weighted by Gasteiger charge is 2.27. The van der Waals surface area contributed by atoms with Gasteiger partial charge in [0.25, 0.3) is 0 Å². The first-order chi connectivity index (χ1) is 15.8. The molecule has 8 nitrogen and oxygen atoms in total. The molecule has 0 amide bonds. The van der Waals surface area contributed by atoms with Crippen LogP contribution >= 0.6 is 0 Å². The number of rotatable bonds is 6. The van der Waals surface area contributed by atoms with Crippen LogP contribution in [0, 0.1) is 6.92 Å². The Balaban J connectivity index is 1.45. The van der Waals surface area contributed by atoms with E-state index < -0.39 is 10.0 Å². The Labute approximate surface area is 192 Å². The zero-order chi connectivity index (χ0) is 23.2. The molecule has 1 saturated heterocycles. The first-order valence-corrected chi connectivity index (χ1v) is 12.4. The van der Waals surface area contributed by atoms with Gasteiger partial charge < -0.3 is 4.98 Å². The monoisotopic (exact) mass is 463 g/mol. The number of nitrogens with one attached hydrogen (secondary N) is 1. The Hall–Kier alpha value is -3.30. The van der Waals surface area contributed by atoms with Crippen molar-refractivity contribution in [2.45, 2.75) is 38.1 Å². The number of carbonyl (C=O) groups is 1. The topological polar surface area (TPSA) is 101 Å². The van der Waals surface area contributed by atoms with Gasteiger partial charge in [-0.25, -0.2) is 13.4 Å². The molecular formula is C24H25N5O3S. The first-order valence-electron chi connectivity index (χ1n) is 10.9. The van der Waals surface area contributed by atoms with E-state index in [-0.39, 0.29) is 5.78 Å². The summed E-state index contributed by atoms with van der Waals surface area (Å²) in [4.78, 5) is 19.8. The molecule has 0 unspecified atom stereocenters. The number of aromatic nitrogens is 4. The SMILES string of the molecule is CC(=O)c1cn(Cc2cc3c(-c4ccc(S(=O)(=O)N5CCCC5)cc4)ccnc3[nH]2)nc1C. The zero-order valence-corrected chi connectivity index (χ0v) is 19.4. The molecule has 0 aliphatic carbocycles. The fourth-order valence-electron chi connectivity index (χ4n) is 4.42. The molecule has 0 radical (unpaired) electrons. The molecule has 0 saturated carbocycles. The largest absolute Gasteiger partial charge is 0.342 e. The summed E-state index contributed by atoms with van der Waals surface area (Å²) < 4.78 is 28.9. The molecule has 170 valence electrons. The molecule has 4 aromatic rings. The van der Waals surface area contributed by atoms with Crippen molar-refractivity contribution in [3.8, 4) is 11.1 Å². The Bertz CT molecular complexity index is 1450. The van der Waals surface area contributed by atoms with Crippen LogP contribution < -0.4 is 0 Å². The zero-order valence-electron chi connectivity index (χ0n) is 18.6. The van der Waals surface area contributed by atoms with Gasteiger partial charge in [0.1, 0.15) is 5.65 Å². The van der Waals surface area contributed by atoms with Crippen LogP contribution in [-0.2, 0) is 16.6 Å². The number of hydrogen-bond donors (Lipinski definition) is 1. The van der Waals surface area contributed by atoms with Crippen molar-refractivity contribution in [2.24, 2.45) is 0 Å². The van der Waals surface area contributed by atoms with E-state index in [0.717, 1.165) is 40.7 Å². The molecule has 0 spiro atoms. The Morgan fingerprint density at radius 2 is 1.85 bits per heavy atom. The van der Waals surface area contributed by atoms with E-state index >= 15 is 0 Å². The predicted octanol–water partition coefficient (Wildman–Crippen LogP) is 3.77. The number of pyridine rings is 1. The van der Waals surface area contributed by atoms with Gasteiger partial charge in [-0.05, 0) is 62.1 Å². The van der Waals surface area contributed by atoms with Crippen molar-refractivity contribution >= 4 is 26.8 Å². The highest BCUT2D eigenvalue weighted by molar-refractivity contribution is 7.89. The highest BCUT2D eigenvalue weighted by Crippen LogP contribution is 2.30. The van der Waals surface area contributed by atoms with Crippen LogP contribution in [0.1, 0.15) is 41.5 Å². The van der Waals surface area contributed by atoms with Gasteiger partial charge >= 0.3 is 0 Å². The maximum Gasteiger partial charge on any atom is 0.243 e. The van der Waals surface area contributed by atoms with E-state index in [1.807, 2.05) is 31.2 Å². The summed E-state index contributed by atoms with van der Waals surface area (Å²) >= 11 is 0. The van der Waals surface area contributed by atoms with E-state index in [9.17, 15) is 13.2 Å². The number of nitrogens with zero attached hydrogens (tertiary/aromatic N) is 4. The van der Waals surface area contributed by atoms with Crippen molar-refractivity contribution in [3.05, 3.63) is 65.7 Å². The van der Waals surface area contributed by atoms with E-state index in [1.165, 1.54) is 6.92 Å². The summed E-state index contributed by atoms with van der Waals surface area (Å²) in [6.07, 6.45) is 5.32. The summed E-state index contributed by atoms with van der Waals surface area (Å²) in [5, 5.41) is 5.38. The Kier molecular flexibility index (Phi) is 5.38. The summed E-state index contributed by atoms with van der Waals surface area (Å²) in [6, 6.07) is 11.0. The third-order valence-corrected chi connectivity index (χ3v) is 8.03. The minimum Gasteiger partial charge on any atom is -0.342 e. The lowest BCUT2D eigenvalue weighted by molar-refractivity contribution is 0.101. The van der Waals surface area contributed by atoms with Crippen LogP contribution in [-0.4, -0.2) is 51.3 Å². The third-order valence-electron chi connectivity index (χ3n) is 6.11. The average molecular weight is 464 g/mol. The number of benzene rings is 1. The highest BCUT2D eigenvalue weighted by atomic mass is 32.2. The number of sulfonamides is 1. The number of ketones is 1. The number of hydrogen-bond acceptors (Lipinski definition) is 5. The van der Waals surface area contributed by atoms with E-state index in [2.05, 4.69) is 15.1 Å². The molecule has 5 rings (SSSR count). The van der Waals surface area contributed by atoms with Gasteiger partial charge in [0.05, 0.1) is 22.7 Å². The number of H-pyrrole nitrogens is 1. The molecule has 1 aliphatic heterocycles. The van der Waals surface area contributed by atoms with Gasteiger partial charge in [0.15, 0.2) is 5.78 Å². The van der Waals surface area contributed by atoms with Crippen LogP contribution in [0.3, 0.4) is 0 Å². The van der Waals surface area contributed by atoms with Gasteiger partial charge in [-0.15, -0.1) is 0 Å². The molecule has 1 aliphatic rings. The summed E-state index contributed by atoms with van der Waals surface area (Å²) in [7, 11) is -3.44. The van der Waals surface area contributed by atoms with Gasteiger partial charge in [0.2, 0.25) is 10.0 Å². The van der Waals surface area contributed by atoms with Crippen LogP contribution in [0.15, 0.2) is 53.7 Å². The second kappa shape index (κ2) is 8.24. The van der Waals surface area contributed by atoms with Gasteiger partial charge in [-0.2, -0.15) is 9.40 Å². The number of Topliss-reactive ketones (excluding diaryl/α,β-unsaturated/α-hetero) is 1. The minimum atomic E-state index is -3.44. The molecule has 0 atom stereocenters. The lowest BCUT2D eigenvalue weighted by Crippen LogP contribution is -2.27. The standard InChI is InChI=1S/C24H25N5O3S/c1-16-23(17(2)30)15-28(27-16)14-19-13-22-21(9-10-25-24(22)26-19)18-5-7-20(8-6-18)33(31,32)29-11-3-4-12-29/h5-10,13,15H,3-4,11-12,14H2,1-2H3,(H,25,26). The average Bonchev–Trinajstić information content (AvgIpc) is 3.53. The number of aromatic amines is 1. The molecule has 0 bridgehead atoms. The first kappa shape index (κ1) is 21.5. The van der Waals surface area contributed by atoms with Gasteiger partial charge in [-0.1, -0.05) is 12.1 Å². The predicted molar refractivity (Wildman–Crippen MR) is 126 cm³/mol. The Morgan fingerprint density at radius 3 is 2.52 bits per heavy atom. The fourth-order valence-corrected chi connectivity index (χ4v) is 5.94. The molecule has 3 aromatic heterocycles. The maximum atomic E-state index is 12.8. The Morgan fingerprint density at radius 1 is 1.12 bits per heavy atom. The molecular weight excluding hydrogens is 438 g/mol. The quantitative estimate of drug-likeness (QED) is 0.439. The lowest BCUT2D eigenvalue weighted by atomic mass is 10.0. The number of carbonyl (C=O) groups excluding carboxylic acids is 1. The molecule has 33 heavy (non-hydrogen) atoms. The second-order valence-corrected chi connectivity index (χ2v) is 10.4. The van der Waals surface area contributed by atoms with Crippen molar-refractivity contribution in [3.63, 3.8) is 0 Å². The van der Waals surface area contributed by atoms with E-state index in [1.54, 1.807) is 33.5 Å². The van der Waals surface area contributed by atoms with Gasteiger partial charge in [-0.3, -0.25) is 9.48 Å². The summed E-state index contributed by atoms with van der Waals surface area (Å²) in [5.41, 5.74) is 4.87. The van der Waals surface area contributed by atoms with E-state index in [4.69, 9.17) is 0 Å². The normalized spacial score (nSPS) is 14.8. The fraction of sp³-hybridized carbons (Fsp3) is 0.292. The smallest absolute Gasteiger partial charge is 0.243 e. The molecule has 1 N–H and O–H groups in total. The van der Waals surface area contributed by atoms with Gasteiger partial charge in [0, 0.05) is 36.6 Å². The van der Waals surface area contributed by atoms with E-state index in [0.29, 0.717) is 35.8 Å².